The number of benzene rings is 1. The largest absolute Gasteiger partial charge is 0.371 e. The highest BCUT2D eigenvalue weighted by Crippen LogP contribution is 2.39. The fourth-order valence-corrected chi connectivity index (χ4v) is 4.06. The Labute approximate surface area is 130 Å². The zero-order chi connectivity index (χ0) is 15.5. The van der Waals surface area contributed by atoms with E-state index in [9.17, 15) is 0 Å². The number of anilines is 1. The van der Waals surface area contributed by atoms with Gasteiger partial charge in [-0.05, 0) is 57.2 Å². The van der Waals surface area contributed by atoms with Gasteiger partial charge in [-0.3, -0.25) is 0 Å². The summed E-state index contributed by atoms with van der Waals surface area (Å²) >= 11 is 0. The van der Waals surface area contributed by atoms with Crippen LogP contribution in [0.25, 0.3) is 0 Å². The standard InChI is InChI=1S/C19H32N2/c1-6-21(17-11-9-15(2)10-12-17)14-16-8-7-13-19(3,4)18(16)20-5/h9-12,16,18,20H,6-8,13-14H2,1-5H3. The van der Waals surface area contributed by atoms with Crippen molar-refractivity contribution in [3.63, 3.8) is 0 Å². The zero-order valence-electron chi connectivity index (χ0n) is 14.4. The summed E-state index contributed by atoms with van der Waals surface area (Å²) in [6, 6.07) is 9.59. The molecule has 0 spiro atoms. The topological polar surface area (TPSA) is 15.3 Å². The molecule has 0 radical (unpaired) electrons. The summed E-state index contributed by atoms with van der Waals surface area (Å²) in [4.78, 5) is 2.54. The van der Waals surface area contributed by atoms with Gasteiger partial charge in [0.25, 0.3) is 0 Å². The maximum absolute atomic E-state index is 3.61. The lowest BCUT2D eigenvalue weighted by Crippen LogP contribution is -2.51. The van der Waals surface area contributed by atoms with E-state index in [0.29, 0.717) is 11.5 Å². The van der Waals surface area contributed by atoms with Crippen LogP contribution in [0.5, 0.6) is 0 Å². The highest BCUT2D eigenvalue weighted by Gasteiger charge is 2.38. The van der Waals surface area contributed by atoms with Gasteiger partial charge in [-0.2, -0.15) is 0 Å². The molecule has 118 valence electrons. The highest BCUT2D eigenvalue weighted by atomic mass is 15.1. The quantitative estimate of drug-likeness (QED) is 0.872. The second-order valence-corrected chi connectivity index (χ2v) is 7.28. The predicted molar refractivity (Wildman–Crippen MR) is 93.0 cm³/mol. The predicted octanol–water partition coefficient (Wildman–Crippen LogP) is 4.24. The first-order valence-electron chi connectivity index (χ1n) is 8.47. The molecule has 2 nitrogen and oxygen atoms in total. The molecular formula is C19H32N2. The smallest absolute Gasteiger partial charge is 0.0366 e. The number of aryl methyl sites for hydroxylation is 1. The summed E-state index contributed by atoms with van der Waals surface area (Å²) in [5.41, 5.74) is 3.10. The van der Waals surface area contributed by atoms with Gasteiger partial charge in [0.2, 0.25) is 0 Å². The Morgan fingerprint density at radius 1 is 1.24 bits per heavy atom. The maximum Gasteiger partial charge on any atom is 0.0366 e. The van der Waals surface area contributed by atoms with Crippen molar-refractivity contribution in [2.75, 3.05) is 25.0 Å². The zero-order valence-corrected chi connectivity index (χ0v) is 14.4. The van der Waals surface area contributed by atoms with Crippen molar-refractivity contribution in [2.24, 2.45) is 11.3 Å². The van der Waals surface area contributed by atoms with Crippen LogP contribution >= 0.6 is 0 Å². The Bertz CT molecular complexity index is 435. The van der Waals surface area contributed by atoms with Gasteiger partial charge in [-0.1, -0.05) is 38.0 Å². The fraction of sp³-hybridized carbons (Fsp3) is 0.684. The van der Waals surface area contributed by atoms with E-state index in [0.717, 1.165) is 19.0 Å². The lowest BCUT2D eigenvalue weighted by Gasteiger charge is -2.45. The van der Waals surface area contributed by atoms with Crippen molar-refractivity contribution in [3.05, 3.63) is 29.8 Å². The molecule has 0 bridgehead atoms. The average molecular weight is 288 g/mol. The molecule has 1 saturated carbocycles. The molecule has 0 aromatic heterocycles. The van der Waals surface area contributed by atoms with E-state index in [1.54, 1.807) is 0 Å². The first-order valence-corrected chi connectivity index (χ1v) is 8.47. The first kappa shape index (κ1) is 16.4. The van der Waals surface area contributed by atoms with Crippen LogP contribution in [0.1, 0.15) is 45.6 Å². The number of nitrogens with zero attached hydrogens (tertiary/aromatic N) is 1. The molecule has 1 aromatic rings. The van der Waals surface area contributed by atoms with Gasteiger partial charge in [0, 0.05) is 24.8 Å². The second kappa shape index (κ2) is 6.83. The third kappa shape index (κ3) is 3.79. The van der Waals surface area contributed by atoms with Gasteiger partial charge in [0.15, 0.2) is 0 Å². The van der Waals surface area contributed by atoms with E-state index in [2.05, 4.69) is 69.2 Å². The maximum atomic E-state index is 3.61. The van der Waals surface area contributed by atoms with Crippen molar-refractivity contribution in [1.29, 1.82) is 0 Å². The van der Waals surface area contributed by atoms with Crippen LogP contribution in [0.2, 0.25) is 0 Å². The minimum atomic E-state index is 0.407. The molecule has 1 aromatic carbocycles. The molecule has 0 amide bonds. The molecule has 0 saturated heterocycles. The van der Waals surface area contributed by atoms with Gasteiger partial charge in [-0.15, -0.1) is 0 Å². The molecule has 2 heteroatoms. The van der Waals surface area contributed by atoms with Gasteiger partial charge < -0.3 is 10.2 Å². The third-order valence-corrected chi connectivity index (χ3v) is 5.26. The number of rotatable bonds is 5. The van der Waals surface area contributed by atoms with Crippen LogP contribution in [0.3, 0.4) is 0 Å². The average Bonchev–Trinajstić information content (AvgIpc) is 2.45. The van der Waals surface area contributed by atoms with Crippen molar-refractivity contribution in [2.45, 2.75) is 53.0 Å². The van der Waals surface area contributed by atoms with E-state index >= 15 is 0 Å². The van der Waals surface area contributed by atoms with Gasteiger partial charge in [0.05, 0.1) is 0 Å². The Hall–Kier alpha value is -1.02. The SMILES string of the molecule is CCN(CC1CCCC(C)(C)C1NC)c1ccc(C)cc1. The molecule has 1 aliphatic rings. The molecule has 1 aliphatic carbocycles. The molecular weight excluding hydrogens is 256 g/mol. The van der Waals surface area contributed by atoms with Crippen molar-refractivity contribution in [3.8, 4) is 0 Å². The molecule has 0 aliphatic heterocycles. The summed E-state index contributed by atoms with van der Waals surface area (Å²) in [6.07, 6.45) is 4.05. The molecule has 21 heavy (non-hydrogen) atoms. The number of nitrogens with one attached hydrogen (secondary N) is 1. The minimum Gasteiger partial charge on any atom is -0.371 e. The van der Waals surface area contributed by atoms with Crippen LogP contribution in [0.15, 0.2) is 24.3 Å². The second-order valence-electron chi connectivity index (χ2n) is 7.28. The van der Waals surface area contributed by atoms with Crippen LogP contribution in [0, 0.1) is 18.3 Å². The highest BCUT2D eigenvalue weighted by molar-refractivity contribution is 5.47. The normalized spacial score (nSPS) is 24.8. The van der Waals surface area contributed by atoms with Gasteiger partial charge in [-0.25, -0.2) is 0 Å². The molecule has 1 fully saturated rings. The fourth-order valence-electron chi connectivity index (χ4n) is 4.06. The van der Waals surface area contributed by atoms with E-state index < -0.39 is 0 Å². The van der Waals surface area contributed by atoms with Crippen molar-refractivity contribution < 1.29 is 0 Å². The molecule has 2 rings (SSSR count). The third-order valence-electron chi connectivity index (χ3n) is 5.26. The summed E-state index contributed by atoms with van der Waals surface area (Å²) in [6.45, 7) is 11.5. The number of hydrogen-bond acceptors (Lipinski definition) is 2. The summed E-state index contributed by atoms with van der Waals surface area (Å²) < 4.78 is 0. The van der Waals surface area contributed by atoms with E-state index in [1.165, 1.54) is 30.5 Å². The lowest BCUT2D eigenvalue weighted by molar-refractivity contribution is 0.117. The Morgan fingerprint density at radius 3 is 2.48 bits per heavy atom. The monoisotopic (exact) mass is 288 g/mol. The number of hydrogen-bond donors (Lipinski definition) is 1. The van der Waals surface area contributed by atoms with E-state index in [4.69, 9.17) is 0 Å². The minimum absolute atomic E-state index is 0.407. The van der Waals surface area contributed by atoms with Crippen LogP contribution in [-0.2, 0) is 0 Å². The lowest BCUT2D eigenvalue weighted by atomic mass is 9.68. The van der Waals surface area contributed by atoms with E-state index in [-0.39, 0.29) is 0 Å². The van der Waals surface area contributed by atoms with Crippen LogP contribution < -0.4 is 10.2 Å². The van der Waals surface area contributed by atoms with Crippen LogP contribution in [0.4, 0.5) is 5.69 Å². The Balaban J connectivity index is 2.11. The molecule has 2 atom stereocenters. The molecule has 0 heterocycles. The molecule has 2 unspecified atom stereocenters. The van der Waals surface area contributed by atoms with Gasteiger partial charge in [0.1, 0.15) is 0 Å². The van der Waals surface area contributed by atoms with Crippen molar-refractivity contribution in [1.82, 2.24) is 5.32 Å². The Kier molecular flexibility index (Phi) is 5.32. The summed E-state index contributed by atoms with van der Waals surface area (Å²) in [5, 5.41) is 3.61. The summed E-state index contributed by atoms with van der Waals surface area (Å²) in [5.74, 6) is 0.736. The van der Waals surface area contributed by atoms with Gasteiger partial charge >= 0.3 is 0 Å². The van der Waals surface area contributed by atoms with Crippen LogP contribution in [-0.4, -0.2) is 26.2 Å². The Morgan fingerprint density at radius 2 is 1.90 bits per heavy atom. The van der Waals surface area contributed by atoms with Crippen molar-refractivity contribution >= 4 is 5.69 Å². The first-order chi connectivity index (χ1) is 9.97. The summed E-state index contributed by atoms with van der Waals surface area (Å²) in [7, 11) is 2.13. The van der Waals surface area contributed by atoms with E-state index in [1.807, 2.05) is 0 Å². The molecule has 1 N–H and O–H groups in total.